The van der Waals surface area contributed by atoms with Gasteiger partial charge < -0.3 is 9.80 Å². The first-order chi connectivity index (χ1) is 6.40. The molecule has 0 atom stereocenters. The fourth-order valence-corrected chi connectivity index (χ4v) is 1.27. The van der Waals surface area contributed by atoms with Gasteiger partial charge in [0, 0.05) is 20.1 Å². The van der Waals surface area contributed by atoms with E-state index in [1.807, 2.05) is 30.5 Å². The van der Waals surface area contributed by atoms with Crippen LogP contribution in [0.2, 0.25) is 0 Å². The fraction of sp³-hybridized carbons (Fsp3) is 0.182. The number of para-hydroxylation sites is 1. The van der Waals surface area contributed by atoms with Gasteiger partial charge in [-0.2, -0.15) is 37.0 Å². The summed E-state index contributed by atoms with van der Waals surface area (Å²) in [4.78, 5) is 4.18. The topological polar surface area (TPSA) is 6.48 Å². The summed E-state index contributed by atoms with van der Waals surface area (Å²) in [5.74, 6) is 0. The molecular formula is C11H12IrN2-2. The molecule has 1 heterocycles. The van der Waals surface area contributed by atoms with Crippen LogP contribution in [0.25, 0.3) is 0 Å². The van der Waals surface area contributed by atoms with Gasteiger partial charge in [0.05, 0.1) is 0 Å². The van der Waals surface area contributed by atoms with Crippen molar-refractivity contribution in [2.45, 2.75) is 6.92 Å². The minimum Gasteiger partial charge on any atom is -0.508 e. The molecule has 77 valence electrons. The summed E-state index contributed by atoms with van der Waals surface area (Å²) in [6, 6.07) is 11.1. The van der Waals surface area contributed by atoms with E-state index in [0.29, 0.717) is 0 Å². The number of benzene rings is 1. The van der Waals surface area contributed by atoms with Gasteiger partial charge in [-0.1, -0.05) is 6.92 Å². The van der Waals surface area contributed by atoms with Crippen molar-refractivity contribution in [1.82, 2.24) is 4.90 Å². The van der Waals surface area contributed by atoms with Gasteiger partial charge in [-0.15, -0.1) is 5.69 Å². The van der Waals surface area contributed by atoms with Gasteiger partial charge in [-0.3, -0.25) is 0 Å². The van der Waals surface area contributed by atoms with Crippen molar-refractivity contribution in [3.05, 3.63) is 49.4 Å². The van der Waals surface area contributed by atoms with Gasteiger partial charge in [0.1, 0.15) is 0 Å². The Kier molecular flexibility index (Phi) is 4.18. The first-order valence-corrected chi connectivity index (χ1v) is 4.44. The summed E-state index contributed by atoms with van der Waals surface area (Å²) >= 11 is 0. The Morgan fingerprint density at radius 2 is 2.21 bits per heavy atom. The normalized spacial score (nSPS) is 14.4. The number of hydrogen-bond acceptors (Lipinski definition) is 2. The Balaban J connectivity index is 0.000000980. The fourth-order valence-electron chi connectivity index (χ4n) is 1.27. The summed E-state index contributed by atoms with van der Waals surface area (Å²) in [5, 5.41) is 0. The first-order valence-electron chi connectivity index (χ1n) is 4.44. The third kappa shape index (κ3) is 2.37. The van der Waals surface area contributed by atoms with Crippen LogP contribution in [0.1, 0.15) is 6.92 Å². The van der Waals surface area contributed by atoms with Gasteiger partial charge >= 0.3 is 0 Å². The standard InChI is InChI=1S/C11H12N2.Ir/c1-2-12-8-9-13(10-12)11-6-4-3-5-7-11;/h3-6,8-10H,2H2,1H3;/q-2;. The predicted octanol–water partition coefficient (Wildman–Crippen LogP) is 2.22. The molecule has 0 aliphatic carbocycles. The monoisotopic (exact) mass is 365 g/mol. The molecule has 1 aromatic carbocycles. The molecule has 2 rings (SSSR count). The largest absolute Gasteiger partial charge is 0.508 e. The summed E-state index contributed by atoms with van der Waals surface area (Å²) < 4.78 is 0. The molecule has 1 aliphatic heterocycles. The third-order valence-corrected chi connectivity index (χ3v) is 2.03. The summed E-state index contributed by atoms with van der Waals surface area (Å²) in [7, 11) is 0. The van der Waals surface area contributed by atoms with E-state index in [0.717, 1.165) is 12.2 Å². The molecule has 0 amide bonds. The Morgan fingerprint density at radius 1 is 1.36 bits per heavy atom. The van der Waals surface area contributed by atoms with Crippen molar-refractivity contribution in [2.75, 3.05) is 11.4 Å². The Labute approximate surface area is 98.6 Å². The third-order valence-electron chi connectivity index (χ3n) is 2.03. The van der Waals surface area contributed by atoms with Crippen LogP contribution < -0.4 is 4.90 Å². The Morgan fingerprint density at radius 3 is 2.79 bits per heavy atom. The minimum atomic E-state index is 0. The van der Waals surface area contributed by atoms with Crippen LogP contribution in [0.15, 0.2) is 36.7 Å². The van der Waals surface area contributed by atoms with E-state index in [2.05, 4.69) is 35.7 Å². The molecule has 3 heteroatoms. The van der Waals surface area contributed by atoms with Gasteiger partial charge in [0.15, 0.2) is 0 Å². The molecule has 0 aromatic heterocycles. The van der Waals surface area contributed by atoms with E-state index in [4.69, 9.17) is 0 Å². The van der Waals surface area contributed by atoms with Crippen LogP contribution in [-0.4, -0.2) is 11.4 Å². The number of anilines is 1. The van der Waals surface area contributed by atoms with Crippen LogP contribution in [-0.2, 0) is 20.1 Å². The average Bonchev–Trinajstić information content (AvgIpc) is 2.67. The van der Waals surface area contributed by atoms with Crippen LogP contribution in [0.5, 0.6) is 0 Å². The molecule has 1 aromatic rings. The van der Waals surface area contributed by atoms with E-state index in [1.165, 1.54) is 0 Å². The zero-order chi connectivity index (χ0) is 9.10. The van der Waals surface area contributed by atoms with Crippen molar-refractivity contribution >= 4 is 5.69 Å². The molecule has 0 spiro atoms. The molecule has 2 nitrogen and oxygen atoms in total. The van der Waals surface area contributed by atoms with Crippen molar-refractivity contribution < 1.29 is 20.1 Å². The second kappa shape index (κ2) is 5.18. The summed E-state index contributed by atoms with van der Waals surface area (Å²) in [6.45, 7) is 5.19. The van der Waals surface area contributed by atoms with E-state index < -0.39 is 0 Å². The maximum atomic E-state index is 3.17. The van der Waals surface area contributed by atoms with Gasteiger partial charge in [0.2, 0.25) is 0 Å². The predicted molar refractivity (Wildman–Crippen MR) is 53.6 cm³/mol. The van der Waals surface area contributed by atoms with Crippen molar-refractivity contribution in [2.24, 2.45) is 0 Å². The Bertz CT molecular complexity index is 297. The molecule has 1 aliphatic rings. The number of nitrogens with zero attached hydrogens (tertiary/aromatic N) is 2. The zero-order valence-corrected chi connectivity index (χ0v) is 10.4. The van der Waals surface area contributed by atoms with Gasteiger partial charge in [-0.05, 0) is 18.9 Å². The van der Waals surface area contributed by atoms with Gasteiger partial charge in [0.25, 0.3) is 0 Å². The van der Waals surface area contributed by atoms with E-state index >= 15 is 0 Å². The second-order valence-corrected chi connectivity index (χ2v) is 2.90. The minimum absolute atomic E-state index is 0. The number of rotatable bonds is 2. The molecule has 0 saturated heterocycles. The molecular weight excluding hydrogens is 352 g/mol. The average molecular weight is 364 g/mol. The quantitative estimate of drug-likeness (QED) is 0.743. The molecule has 0 saturated carbocycles. The number of hydrogen-bond donors (Lipinski definition) is 0. The smallest absolute Gasteiger partial charge is 0 e. The van der Waals surface area contributed by atoms with E-state index in [-0.39, 0.29) is 20.1 Å². The zero-order valence-electron chi connectivity index (χ0n) is 7.98. The van der Waals surface area contributed by atoms with E-state index in [9.17, 15) is 0 Å². The van der Waals surface area contributed by atoms with Crippen molar-refractivity contribution in [3.8, 4) is 0 Å². The molecule has 14 heavy (non-hydrogen) atoms. The van der Waals surface area contributed by atoms with Gasteiger partial charge in [-0.25, -0.2) is 0 Å². The van der Waals surface area contributed by atoms with Crippen LogP contribution in [0, 0.1) is 12.7 Å². The first kappa shape index (κ1) is 11.3. The summed E-state index contributed by atoms with van der Waals surface area (Å²) in [6.07, 6.45) is 4.09. The SMILES string of the molecule is CCN1C=CN(c2[c-]cccc2)[CH-]1.[Ir]. The molecule has 0 fully saturated rings. The maximum Gasteiger partial charge on any atom is 0 e. The molecule has 0 N–H and O–H groups in total. The van der Waals surface area contributed by atoms with Crippen molar-refractivity contribution in [1.29, 1.82) is 0 Å². The second-order valence-electron chi connectivity index (χ2n) is 2.90. The van der Waals surface area contributed by atoms with Crippen LogP contribution in [0.3, 0.4) is 0 Å². The van der Waals surface area contributed by atoms with Crippen LogP contribution in [0.4, 0.5) is 5.69 Å². The molecule has 0 unspecified atom stereocenters. The Hall–Kier alpha value is -0.791. The molecule has 1 radical (unpaired) electrons. The summed E-state index contributed by atoms with van der Waals surface area (Å²) in [5.41, 5.74) is 1.08. The van der Waals surface area contributed by atoms with Crippen molar-refractivity contribution in [3.63, 3.8) is 0 Å². The maximum absolute atomic E-state index is 3.17. The van der Waals surface area contributed by atoms with Crippen LogP contribution >= 0.6 is 0 Å². The van der Waals surface area contributed by atoms with E-state index in [1.54, 1.807) is 0 Å². The molecule has 0 bridgehead atoms.